The summed E-state index contributed by atoms with van der Waals surface area (Å²) in [7, 11) is 1.77. The van der Waals surface area contributed by atoms with Gasteiger partial charge >= 0.3 is 0 Å². The Hall–Kier alpha value is -2.71. The second-order valence-electron chi connectivity index (χ2n) is 6.96. The van der Waals surface area contributed by atoms with Crippen molar-refractivity contribution in [3.8, 4) is 5.75 Å². The molecular weight excluding hydrogens is 424 g/mol. The minimum atomic E-state index is -0.232. The van der Waals surface area contributed by atoms with Crippen molar-refractivity contribution >= 4 is 38.6 Å². The molecule has 28 heavy (non-hydrogen) atoms. The quantitative estimate of drug-likeness (QED) is 0.657. The average Bonchev–Trinajstić information content (AvgIpc) is 3.34. The molecule has 0 saturated carbocycles. The largest absolute Gasteiger partial charge is 0.489 e. The molecule has 1 aromatic carbocycles. The fourth-order valence-electron chi connectivity index (χ4n) is 3.79. The van der Waals surface area contributed by atoms with Crippen LogP contribution in [0.3, 0.4) is 0 Å². The fraction of sp³-hybridized carbons (Fsp3) is 0.250. The Morgan fingerprint density at radius 3 is 2.96 bits per heavy atom. The zero-order valence-electron chi connectivity index (χ0n) is 15.1. The number of carbonyl (C=O) groups is 1. The van der Waals surface area contributed by atoms with Gasteiger partial charge in [0.2, 0.25) is 0 Å². The monoisotopic (exact) mass is 440 g/mol. The van der Waals surface area contributed by atoms with Gasteiger partial charge in [0.05, 0.1) is 18.7 Å². The van der Waals surface area contributed by atoms with E-state index in [4.69, 9.17) is 15.2 Å². The molecule has 2 aromatic heterocycles. The summed E-state index contributed by atoms with van der Waals surface area (Å²) < 4.78 is 12.1. The summed E-state index contributed by atoms with van der Waals surface area (Å²) in [5.74, 6) is 1.10. The zero-order valence-corrected chi connectivity index (χ0v) is 16.7. The number of benzene rings is 1. The molecule has 0 radical (unpaired) electrons. The van der Waals surface area contributed by atoms with E-state index in [2.05, 4.69) is 25.9 Å². The molecule has 3 aromatic rings. The van der Waals surface area contributed by atoms with Gasteiger partial charge in [-0.15, -0.1) is 0 Å². The summed E-state index contributed by atoms with van der Waals surface area (Å²) in [5, 5.41) is 0.908. The summed E-state index contributed by atoms with van der Waals surface area (Å²) in [6, 6.07) is 7.13. The number of hydrogen-bond acceptors (Lipinski definition) is 6. The number of amides is 1. The molecule has 0 spiro atoms. The van der Waals surface area contributed by atoms with Crippen LogP contribution in [0, 0.1) is 0 Å². The van der Waals surface area contributed by atoms with E-state index < -0.39 is 0 Å². The Balaban J connectivity index is 1.51. The molecule has 0 bridgehead atoms. The lowest BCUT2D eigenvalue weighted by molar-refractivity contribution is 0.0706. The minimum Gasteiger partial charge on any atom is -0.489 e. The van der Waals surface area contributed by atoms with Gasteiger partial charge in [-0.05, 0) is 45.8 Å². The summed E-state index contributed by atoms with van der Waals surface area (Å²) >= 11 is 3.39. The molecule has 0 aliphatic carbocycles. The third-order valence-corrected chi connectivity index (χ3v) is 5.76. The van der Waals surface area contributed by atoms with E-state index in [1.165, 1.54) is 0 Å². The van der Waals surface area contributed by atoms with Crippen LogP contribution < -0.4 is 10.5 Å². The lowest BCUT2D eigenvalue weighted by atomic mass is 10.0. The molecule has 7 nitrogen and oxygen atoms in total. The van der Waals surface area contributed by atoms with Gasteiger partial charge in [0, 0.05) is 34.2 Å². The first-order valence-electron chi connectivity index (χ1n) is 8.87. The van der Waals surface area contributed by atoms with Crippen molar-refractivity contribution in [2.45, 2.75) is 19.3 Å². The maximum absolute atomic E-state index is 13.2. The Bertz CT molecular complexity index is 1130. The van der Waals surface area contributed by atoms with E-state index in [0.717, 1.165) is 32.2 Å². The first kappa shape index (κ1) is 17.4. The predicted octanol–water partition coefficient (Wildman–Crippen LogP) is 3.21. The summed E-state index contributed by atoms with van der Waals surface area (Å²) in [6.07, 6.45) is 1.72. The number of ether oxygens (including phenoxy) is 2. The third-order valence-electron chi connectivity index (χ3n) is 5.32. The molecule has 1 atom stereocenters. The number of carbonyl (C=O) groups excluding carboxylic acids is 1. The number of nitrogens with two attached hydrogens (primary N) is 1. The normalized spacial score (nSPS) is 17.3. The van der Waals surface area contributed by atoms with Gasteiger partial charge in [-0.3, -0.25) is 9.78 Å². The summed E-state index contributed by atoms with van der Waals surface area (Å²) in [4.78, 5) is 23.7. The Kier molecular flexibility index (Phi) is 3.99. The van der Waals surface area contributed by atoms with Gasteiger partial charge in [0.1, 0.15) is 29.9 Å². The van der Waals surface area contributed by atoms with Crippen LogP contribution in [0.2, 0.25) is 0 Å². The van der Waals surface area contributed by atoms with Crippen molar-refractivity contribution in [2.24, 2.45) is 0 Å². The molecule has 2 aliphatic heterocycles. The first-order chi connectivity index (χ1) is 13.5. The third kappa shape index (κ3) is 2.63. The second kappa shape index (κ2) is 6.42. The number of nitrogen functional groups attached to an aromatic ring is 1. The van der Waals surface area contributed by atoms with Crippen molar-refractivity contribution in [2.75, 3.05) is 19.4 Å². The zero-order chi connectivity index (χ0) is 19.4. The fourth-order valence-corrected chi connectivity index (χ4v) is 4.10. The van der Waals surface area contributed by atoms with E-state index in [-0.39, 0.29) is 11.9 Å². The van der Waals surface area contributed by atoms with Crippen LogP contribution in [0.15, 0.2) is 34.9 Å². The number of likely N-dealkylation sites (N-methyl/N-ethyl adjacent to an activating group) is 1. The van der Waals surface area contributed by atoms with Crippen molar-refractivity contribution in [3.63, 3.8) is 0 Å². The molecule has 1 amide bonds. The van der Waals surface area contributed by atoms with Crippen LogP contribution in [0.5, 0.6) is 5.75 Å². The molecule has 0 saturated heterocycles. The van der Waals surface area contributed by atoms with Crippen molar-refractivity contribution < 1.29 is 14.3 Å². The van der Waals surface area contributed by atoms with E-state index in [1.54, 1.807) is 24.2 Å². The highest BCUT2D eigenvalue weighted by Crippen LogP contribution is 2.36. The lowest BCUT2D eigenvalue weighted by Crippen LogP contribution is -2.32. The maximum atomic E-state index is 13.2. The van der Waals surface area contributed by atoms with Gasteiger partial charge in [0.15, 0.2) is 0 Å². The van der Waals surface area contributed by atoms with E-state index >= 15 is 0 Å². The number of anilines is 1. The van der Waals surface area contributed by atoms with Crippen LogP contribution in [-0.4, -0.2) is 34.4 Å². The van der Waals surface area contributed by atoms with Gasteiger partial charge in [-0.2, -0.15) is 0 Å². The number of fused-ring (bicyclic) bond motifs is 4. The molecule has 2 aliphatic rings. The smallest absolute Gasteiger partial charge is 0.254 e. The highest BCUT2D eigenvalue weighted by molar-refractivity contribution is 9.10. The number of pyridine rings is 2. The molecule has 4 heterocycles. The number of hydrogen-bond donors (Lipinski definition) is 1. The predicted molar refractivity (Wildman–Crippen MR) is 107 cm³/mol. The topological polar surface area (TPSA) is 90.6 Å². The highest BCUT2D eigenvalue weighted by Gasteiger charge is 2.32. The standard InChI is InChI=1S/C20H17BrN4O3/c1-25(16-9-28-17-5-11(21)6-23-18(16)17)20(26)10-2-3-15-12(4-10)13-7-27-8-14(13)19(22)24-15/h2-6,16H,7-9H2,1H3,(H2,22,24)/t16-/m0/s1. The SMILES string of the molecule is CN(C(=O)c1ccc2nc(N)c3c(c2c1)COC3)[C@H]1COc2cc(Br)cnc21. The number of rotatable bonds is 2. The van der Waals surface area contributed by atoms with Gasteiger partial charge in [-0.25, -0.2) is 4.98 Å². The molecule has 2 N–H and O–H groups in total. The highest BCUT2D eigenvalue weighted by atomic mass is 79.9. The molecule has 8 heteroatoms. The van der Waals surface area contributed by atoms with Gasteiger partial charge in [0.25, 0.3) is 5.91 Å². The number of nitrogens with zero attached hydrogens (tertiary/aromatic N) is 3. The van der Waals surface area contributed by atoms with Gasteiger partial charge < -0.3 is 20.1 Å². The molecular formula is C20H17BrN4O3. The van der Waals surface area contributed by atoms with Crippen molar-refractivity contribution in [1.82, 2.24) is 14.9 Å². The average molecular weight is 441 g/mol. The van der Waals surface area contributed by atoms with Crippen molar-refractivity contribution in [3.05, 3.63) is 57.3 Å². The minimum absolute atomic E-state index is 0.0995. The molecule has 5 rings (SSSR count). The van der Waals surface area contributed by atoms with E-state index in [0.29, 0.717) is 37.0 Å². The molecule has 142 valence electrons. The number of aromatic nitrogens is 2. The van der Waals surface area contributed by atoms with Crippen LogP contribution >= 0.6 is 15.9 Å². The van der Waals surface area contributed by atoms with Crippen LogP contribution in [-0.2, 0) is 18.0 Å². The van der Waals surface area contributed by atoms with Crippen LogP contribution in [0.1, 0.15) is 33.2 Å². The Morgan fingerprint density at radius 2 is 2.11 bits per heavy atom. The molecule has 0 fully saturated rings. The van der Waals surface area contributed by atoms with Crippen LogP contribution in [0.4, 0.5) is 5.82 Å². The van der Waals surface area contributed by atoms with E-state index in [1.807, 2.05) is 18.2 Å². The van der Waals surface area contributed by atoms with Crippen LogP contribution in [0.25, 0.3) is 10.9 Å². The first-order valence-corrected chi connectivity index (χ1v) is 9.66. The summed E-state index contributed by atoms with van der Waals surface area (Å²) in [5.41, 5.74) is 10.1. The number of halogens is 1. The Morgan fingerprint density at radius 1 is 1.29 bits per heavy atom. The Labute approximate surface area is 169 Å². The summed E-state index contributed by atoms with van der Waals surface area (Å²) in [6.45, 7) is 1.32. The van der Waals surface area contributed by atoms with Gasteiger partial charge in [-0.1, -0.05) is 0 Å². The molecule has 0 unspecified atom stereocenters. The maximum Gasteiger partial charge on any atom is 0.254 e. The second-order valence-corrected chi connectivity index (χ2v) is 7.87. The van der Waals surface area contributed by atoms with E-state index in [9.17, 15) is 4.79 Å². The lowest BCUT2D eigenvalue weighted by Gasteiger charge is -2.23. The van der Waals surface area contributed by atoms with Crippen molar-refractivity contribution in [1.29, 1.82) is 0 Å².